The lowest BCUT2D eigenvalue weighted by atomic mass is 9.86. The van der Waals surface area contributed by atoms with E-state index in [0.29, 0.717) is 5.56 Å². The van der Waals surface area contributed by atoms with Crippen molar-refractivity contribution >= 4 is 15.8 Å². The summed E-state index contributed by atoms with van der Waals surface area (Å²) in [5.74, 6) is -0.174. The summed E-state index contributed by atoms with van der Waals surface area (Å²) in [5, 5.41) is 0. The maximum atomic E-state index is 13.5. The minimum absolute atomic E-state index is 0.0214. The molecule has 1 aliphatic rings. The van der Waals surface area contributed by atoms with Crippen molar-refractivity contribution in [2.75, 3.05) is 0 Å². The lowest BCUT2D eigenvalue weighted by molar-refractivity contribution is 0.0981. The molecule has 4 rings (SSSR count). The predicted octanol–water partition coefficient (Wildman–Crippen LogP) is 5.60. The zero-order chi connectivity index (χ0) is 23.3. The average molecular weight is 448 g/mol. The third kappa shape index (κ3) is 4.15. The first-order valence-electron chi connectivity index (χ1n) is 10.8. The topological polar surface area (TPSA) is 54.2 Å². The van der Waals surface area contributed by atoms with Gasteiger partial charge in [0.15, 0.2) is 5.78 Å². The second-order valence-corrected chi connectivity index (χ2v) is 11.5. The van der Waals surface area contributed by atoms with Gasteiger partial charge in [0.05, 0.1) is 10.9 Å². The third-order valence-corrected chi connectivity index (χ3v) is 7.95. The monoisotopic (exact) mass is 447 g/mol. The Hall–Kier alpha value is -2.76. The summed E-state index contributed by atoms with van der Waals surface area (Å²) >= 11 is 0. The largest absolute Gasteiger partial charge is 0.292 e. The number of hydrogen-bond donors (Lipinski definition) is 0. The molecule has 166 valence electrons. The Balaban J connectivity index is 1.71. The van der Waals surface area contributed by atoms with Gasteiger partial charge in [0.2, 0.25) is 10.0 Å². The quantitative estimate of drug-likeness (QED) is 0.378. The molecule has 0 aromatic heterocycles. The van der Waals surface area contributed by atoms with Gasteiger partial charge in [-0.25, -0.2) is 8.42 Å². The molecule has 0 N–H and O–H groups in total. The highest BCUT2D eigenvalue weighted by Gasteiger charge is 2.60. The summed E-state index contributed by atoms with van der Waals surface area (Å²) < 4.78 is 28.3. The second-order valence-electron chi connectivity index (χ2n) is 9.64. The summed E-state index contributed by atoms with van der Waals surface area (Å²) in [6.45, 7) is 10.3. The molecule has 1 unspecified atom stereocenters. The van der Waals surface area contributed by atoms with Crippen LogP contribution in [0.25, 0.3) is 0 Å². The van der Waals surface area contributed by atoms with Gasteiger partial charge in [0.25, 0.3) is 0 Å². The number of sulfonamides is 1. The van der Waals surface area contributed by atoms with Gasteiger partial charge in [-0.2, -0.15) is 4.31 Å². The highest BCUT2D eigenvalue weighted by Crippen LogP contribution is 2.49. The number of Topliss-reactive ketones (excluding diaryl/α,β-unsaturated/α-hetero) is 1. The number of rotatable bonds is 5. The van der Waals surface area contributed by atoms with Crippen molar-refractivity contribution in [3.05, 3.63) is 101 Å². The standard InChI is InChI=1S/C27H29NO3S/c1-18-6-10-20(11-7-18)24-25(26(29)21-12-14-22(15-13-21)27(3,4)5)28(24)32(30,31)23-16-8-19(2)9-17-23/h6-17,24-25H,1-5H3/t24-,25+,28?/m1/s1. The van der Waals surface area contributed by atoms with Crippen LogP contribution in [0.15, 0.2) is 77.7 Å². The second kappa shape index (κ2) is 7.98. The Kier molecular flexibility index (Phi) is 5.60. The van der Waals surface area contributed by atoms with Crippen molar-refractivity contribution < 1.29 is 13.2 Å². The molecule has 0 bridgehead atoms. The van der Waals surface area contributed by atoms with Gasteiger partial charge in [-0.05, 0) is 42.5 Å². The summed E-state index contributed by atoms with van der Waals surface area (Å²) in [5.41, 5.74) is 4.54. The van der Waals surface area contributed by atoms with Crippen LogP contribution in [0.1, 0.15) is 59.4 Å². The van der Waals surface area contributed by atoms with E-state index in [1.807, 2.05) is 62.4 Å². The Bertz CT molecular complexity index is 1240. The molecule has 1 fully saturated rings. The van der Waals surface area contributed by atoms with Crippen molar-refractivity contribution in [3.8, 4) is 0 Å². The maximum Gasteiger partial charge on any atom is 0.244 e. The summed E-state index contributed by atoms with van der Waals surface area (Å²) in [7, 11) is -3.81. The number of carbonyl (C=O) groups is 1. The molecular formula is C27H29NO3S. The molecule has 3 aromatic rings. The van der Waals surface area contributed by atoms with Crippen molar-refractivity contribution in [1.29, 1.82) is 0 Å². The molecule has 3 atom stereocenters. The van der Waals surface area contributed by atoms with E-state index in [-0.39, 0.29) is 16.1 Å². The van der Waals surface area contributed by atoms with Crippen LogP contribution >= 0.6 is 0 Å². The molecule has 32 heavy (non-hydrogen) atoms. The average Bonchev–Trinajstić information content (AvgIpc) is 3.50. The Morgan fingerprint density at radius 1 is 0.781 bits per heavy atom. The highest BCUT2D eigenvalue weighted by molar-refractivity contribution is 7.89. The van der Waals surface area contributed by atoms with E-state index < -0.39 is 22.1 Å². The van der Waals surface area contributed by atoms with Gasteiger partial charge < -0.3 is 0 Å². The zero-order valence-electron chi connectivity index (χ0n) is 19.2. The number of nitrogens with zero attached hydrogens (tertiary/aromatic N) is 1. The number of aryl methyl sites for hydroxylation is 2. The van der Waals surface area contributed by atoms with Crippen LogP contribution in [0.2, 0.25) is 0 Å². The molecule has 0 spiro atoms. The fraction of sp³-hybridized carbons (Fsp3) is 0.296. The first kappa shape index (κ1) is 22.4. The number of carbonyl (C=O) groups excluding carboxylic acids is 1. The zero-order valence-corrected chi connectivity index (χ0v) is 20.0. The third-order valence-electron chi connectivity index (χ3n) is 6.08. The fourth-order valence-corrected chi connectivity index (χ4v) is 5.71. The van der Waals surface area contributed by atoms with E-state index in [2.05, 4.69) is 20.8 Å². The van der Waals surface area contributed by atoms with Crippen LogP contribution in [0.3, 0.4) is 0 Å². The Morgan fingerprint density at radius 2 is 1.28 bits per heavy atom. The van der Waals surface area contributed by atoms with Gasteiger partial charge in [-0.1, -0.05) is 92.6 Å². The van der Waals surface area contributed by atoms with Gasteiger partial charge in [-0.15, -0.1) is 0 Å². The molecule has 1 heterocycles. The van der Waals surface area contributed by atoms with E-state index in [1.165, 1.54) is 4.31 Å². The smallest absolute Gasteiger partial charge is 0.244 e. The van der Waals surface area contributed by atoms with Gasteiger partial charge in [0, 0.05) is 5.56 Å². The molecule has 3 aromatic carbocycles. The molecule has 5 heteroatoms. The van der Waals surface area contributed by atoms with Crippen LogP contribution in [0.4, 0.5) is 0 Å². The first-order chi connectivity index (χ1) is 15.0. The maximum absolute atomic E-state index is 13.5. The normalized spacial score (nSPS) is 20.7. The molecule has 0 radical (unpaired) electrons. The van der Waals surface area contributed by atoms with E-state index in [9.17, 15) is 13.2 Å². The number of benzene rings is 3. The van der Waals surface area contributed by atoms with Crippen LogP contribution in [0, 0.1) is 13.8 Å². The van der Waals surface area contributed by atoms with E-state index in [1.54, 1.807) is 24.3 Å². The summed E-state index contributed by atoms with van der Waals surface area (Å²) in [6, 6.07) is 20.8. The molecule has 1 saturated heterocycles. The molecule has 0 aliphatic carbocycles. The summed E-state index contributed by atoms with van der Waals surface area (Å²) in [6.07, 6.45) is 0. The lowest BCUT2D eigenvalue weighted by Gasteiger charge is -2.19. The Labute approximate surface area is 191 Å². The van der Waals surface area contributed by atoms with Gasteiger partial charge in [0.1, 0.15) is 6.04 Å². The van der Waals surface area contributed by atoms with Crippen molar-refractivity contribution in [3.63, 3.8) is 0 Å². The highest BCUT2D eigenvalue weighted by atomic mass is 32.2. The lowest BCUT2D eigenvalue weighted by Crippen LogP contribution is -2.20. The minimum atomic E-state index is -3.81. The van der Waals surface area contributed by atoms with Crippen molar-refractivity contribution in [2.45, 2.75) is 57.0 Å². The van der Waals surface area contributed by atoms with Gasteiger partial charge >= 0.3 is 0 Å². The molecular weight excluding hydrogens is 418 g/mol. The Morgan fingerprint density at radius 3 is 1.78 bits per heavy atom. The van der Waals surface area contributed by atoms with E-state index in [4.69, 9.17) is 0 Å². The SMILES string of the molecule is Cc1ccc([C@@H]2[C@@H](C(=O)c3ccc(C(C)(C)C)cc3)N2S(=O)(=O)c2ccc(C)cc2)cc1. The number of hydrogen-bond acceptors (Lipinski definition) is 3. The number of ketones is 1. The van der Waals surface area contributed by atoms with E-state index >= 15 is 0 Å². The summed E-state index contributed by atoms with van der Waals surface area (Å²) in [4.78, 5) is 13.7. The molecule has 1 aliphatic heterocycles. The van der Waals surface area contributed by atoms with E-state index in [0.717, 1.165) is 22.3 Å². The molecule has 0 saturated carbocycles. The minimum Gasteiger partial charge on any atom is -0.292 e. The molecule has 4 nitrogen and oxygen atoms in total. The fourth-order valence-electron chi connectivity index (χ4n) is 4.00. The van der Waals surface area contributed by atoms with Crippen LogP contribution in [0.5, 0.6) is 0 Å². The van der Waals surface area contributed by atoms with Crippen LogP contribution < -0.4 is 0 Å². The predicted molar refractivity (Wildman–Crippen MR) is 127 cm³/mol. The molecule has 0 amide bonds. The van der Waals surface area contributed by atoms with Crippen molar-refractivity contribution in [2.24, 2.45) is 0 Å². The van der Waals surface area contributed by atoms with Gasteiger partial charge in [-0.3, -0.25) is 4.79 Å². The van der Waals surface area contributed by atoms with Crippen molar-refractivity contribution in [1.82, 2.24) is 4.31 Å². The van der Waals surface area contributed by atoms with Crippen LogP contribution in [-0.2, 0) is 15.4 Å². The first-order valence-corrected chi connectivity index (χ1v) is 12.3. The van der Waals surface area contributed by atoms with Crippen LogP contribution in [-0.4, -0.2) is 24.5 Å².